The SMILES string of the molecule is CCNC(=NCc1ccc(C)cc1OC1CCOC1)NCC(=O)NC1CCCCC1. The average Bonchev–Trinajstić information content (AvgIpc) is 3.25. The normalized spacial score (nSPS) is 20.1. The lowest BCUT2D eigenvalue weighted by atomic mass is 9.95. The van der Waals surface area contributed by atoms with Gasteiger partial charge in [0, 0.05) is 24.6 Å². The predicted molar refractivity (Wildman–Crippen MR) is 119 cm³/mol. The number of carbonyl (C=O) groups excluding carboxylic acids is 1. The minimum Gasteiger partial charge on any atom is -0.488 e. The topological polar surface area (TPSA) is 84.0 Å². The number of amides is 1. The smallest absolute Gasteiger partial charge is 0.239 e. The maximum Gasteiger partial charge on any atom is 0.239 e. The Bertz CT molecular complexity index is 710. The number of ether oxygens (including phenoxy) is 2. The van der Waals surface area contributed by atoms with E-state index < -0.39 is 0 Å². The summed E-state index contributed by atoms with van der Waals surface area (Å²) >= 11 is 0. The van der Waals surface area contributed by atoms with Gasteiger partial charge in [-0.1, -0.05) is 31.4 Å². The number of nitrogens with zero attached hydrogens (tertiary/aromatic N) is 1. The molecule has 2 fully saturated rings. The van der Waals surface area contributed by atoms with E-state index in [0.29, 0.717) is 25.2 Å². The van der Waals surface area contributed by atoms with E-state index in [9.17, 15) is 4.79 Å². The summed E-state index contributed by atoms with van der Waals surface area (Å²) < 4.78 is 11.6. The van der Waals surface area contributed by atoms with Crippen LogP contribution in [-0.4, -0.2) is 50.3 Å². The van der Waals surface area contributed by atoms with Crippen molar-refractivity contribution in [2.75, 3.05) is 26.3 Å². The number of rotatable bonds is 8. The molecule has 1 unspecified atom stereocenters. The molecule has 0 radical (unpaired) electrons. The first-order valence-corrected chi connectivity index (χ1v) is 11.3. The summed E-state index contributed by atoms with van der Waals surface area (Å²) in [6.45, 7) is 6.88. The lowest BCUT2D eigenvalue weighted by Gasteiger charge is -2.23. The van der Waals surface area contributed by atoms with Crippen LogP contribution in [0.3, 0.4) is 0 Å². The van der Waals surface area contributed by atoms with Gasteiger partial charge in [-0.05, 0) is 38.3 Å². The van der Waals surface area contributed by atoms with Crippen molar-refractivity contribution in [2.24, 2.45) is 4.99 Å². The number of hydrogen-bond donors (Lipinski definition) is 3. The van der Waals surface area contributed by atoms with Crippen molar-refractivity contribution in [2.45, 2.75) is 71.1 Å². The molecule has 1 aliphatic heterocycles. The van der Waals surface area contributed by atoms with Crippen molar-refractivity contribution < 1.29 is 14.3 Å². The van der Waals surface area contributed by atoms with Gasteiger partial charge in [-0.2, -0.15) is 0 Å². The number of hydrogen-bond acceptors (Lipinski definition) is 4. The van der Waals surface area contributed by atoms with Crippen LogP contribution in [0, 0.1) is 6.92 Å². The summed E-state index contributed by atoms with van der Waals surface area (Å²) in [5.74, 6) is 1.51. The first-order chi connectivity index (χ1) is 14.6. The second-order valence-electron chi connectivity index (χ2n) is 8.17. The minimum atomic E-state index is 0.0214. The van der Waals surface area contributed by atoms with Crippen LogP contribution < -0.4 is 20.7 Å². The zero-order valence-electron chi connectivity index (χ0n) is 18.3. The Hall–Kier alpha value is -2.28. The average molecular weight is 417 g/mol. The van der Waals surface area contributed by atoms with Crippen LogP contribution in [0.2, 0.25) is 0 Å². The summed E-state index contributed by atoms with van der Waals surface area (Å²) in [5, 5.41) is 9.49. The Kier molecular flexibility index (Phi) is 8.81. The summed E-state index contributed by atoms with van der Waals surface area (Å²) in [5.41, 5.74) is 2.18. The molecule has 1 aliphatic carbocycles. The number of aryl methyl sites for hydroxylation is 1. The summed E-state index contributed by atoms with van der Waals surface area (Å²) in [7, 11) is 0. The maximum absolute atomic E-state index is 12.3. The Balaban J connectivity index is 1.56. The third-order valence-corrected chi connectivity index (χ3v) is 5.54. The zero-order valence-corrected chi connectivity index (χ0v) is 18.3. The number of benzene rings is 1. The van der Waals surface area contributed by atoms with Crippen LogP contribution in [0.15, 0.2) is 23.2 Å². The molecule has 1 aromatic carbocycles. The van der Waals surface area contributed by atoms with Gasteiger partial charge in [0.2, 0.25) is 5.91 Å². The highest BCUT2D eigenvalue weighted by molar-refractivity contribution is 5.86. The van der Waals surface area contributed by atoms with Gasteiger partial charge in [-0.3, -0.25) is 4.79 Å². The lowest BCUT2D eigenvalue weighted by Crippen LogP contribution is -2.46. The zero-order chi connectivity index (χ0) is 21.2. The molecule has 166 valence electrons. The van der Waals surface area contributed by atoms with Crippen molar-refractivity contribution in [1.82, 2.24) is 16.0 Å². The Morgan fingerprint density at radius 2 is 2.03 bits per heavy atom. The van der Waals surface area contributed by atoms with Crippen LogP contribution >= 0.6 is 0 Å². The summed E-state index contributed by atoms with van der Waals surface area (Å²) in [6, 6.07) is 6.50. The van der Waals surface area contributed by atoms with Gasteiger partial charge in [-0.25, -0.2) is 4.99 Å². The fourth-order valence-corrected chi connectivity index (χ4v) is 3.88. The molecule has 2 aliphatic rings. The van der Waals surface area contributed by atoms with Crippen LogP contribution in [0.25, 0.3) is 0 Å². The van der Waals surface area contributed by atoms with E-state index in [-0.39, 0.29) is 18.6 Å². The molecular weight excluding hydrogens is 380 g/mol. The number of guanidine groups is 1. The lowest BCUT2D eigenvalue weighted by molar-refractivity contribution is -0.120. The van der Waals surface area contributed by atoms with Gasteiger partial charge in [0.05, 0.1) is 26.3 Å². The van der Waals surface area contributed by atoms with Gasteiger partial charge in [-0.15, -0.1) is 0 Å². The molecule has 3 N–H and O–H groups in total. The van der Waals surface area contributed by atoms with Gasteiger partial charge in [0.25, 0.3) is 0 Å². The second-order valence-corrected chi connectivity index (χ2v) is 8.17. The molecule has 0 spiro atoms. The predicted octanol–water partition coefficient (Wildman–Crippen LogP) is 2.67. The third kappa shape index (κ3) is 7.20. The third-order valence-electron chi connectivity index (χ3n) is 5.54. The van der Waals surface area contributed by atoms with Gasteiger partial charge < -0.3 is 25.4 Å². The highest BCUT2D eigenvalue weighted by atomic mass is 16.5. The first kappa shape index (κ1) is 22.4. The van der Waals surface area contributed by atoms with E-state index in [1.165, 1.54) is 19.3 Å². The van der Waals surface area contributed by atoms with E-state index in [0.717, 1.165) is 49.3 Å². The molecule has 1 amide bonds. The second kappa shape index (κ2) is 11.8. The number of carbonyl (C=O) groups is 1. The van der Waals surface area contributed by atoms with Crippen molar-refractivity contribution in [3.05, 3.63) is 29.3 Å². The van der Waals surface area contributed by atoms with E-state index >= 15 is 0 Å². The Morgan fingerprint density at radius 1 is 1.20 bits per heavy atom. The summed E-state index contributed by atoms with van der Waals surface area (Å²) in [4.78, 5) is 17.0. The Labute approximate surface area is 180 Å². The molecule has 1 saturated carbocycles. The highest BCUT2D eigenvalue weighted by Gasteiger charge is 2.19. The first-order valence-electron chi connectivity index (χ1n) is 11.3. The van der Waals surface area contributed by atoms with Crippen molar-refractivity contribution >= 4 is 11.9 Å². The molecule has 3 rings (SSSR count). The number of aliphatic imine (C=N–C) groups is 1. The van der Waals surface area contributed by atoms with Crippen molar-refractivity contribution in [3.8, 4) is 5.75 Å². The van der Waals surface area contributed by atoms with Gasteiger partial charge >= 0.3 is 0 Å². The van der Waals surface area contributed by atoms with Gasteiger partial charge in [0.1, 0.15) is 11.9 Å². The van der Waals surface area contributed by atoms with Crippen LogP contribution in [0.1, 0.15) is 56.6 Å². The molecule has 1 aromatic rings. The molecular formula is C23H36N4O3. The quantitative estimate of drug-likeness (QED) is 0.448. The van der Waals surface area contributed by atoms with E-state index in [2.05, 4.69) is 46.1 Å². The van der Waals surface area contributed by atoms with E-state index in [1.807, 2.05) is 6.92 Å². The van der Waals surface area contributed by atoms with Gasteiger partial charge in [0.15, 0.2) is 5.96 Å². The fourth-order valence-electron chi connectivity index (χ4n) is 3.88. The standard InChI is InChI=1S/C23H36N4O3/c1-3-24-23(26-15-22(28)27-19-7-5-4-6-8-19)25-14-18-10-9-17(2)13-21(18)30-20-11-12-29-16-20/h9-10,13,19-20H,3-8,11-12,14-16H2,1-2H3,(H,27,28)(H2,24,25,26). The molecule has 7 nitrogen and oxygen atoms in total. The van der Waals surface area contributed by atoms with Crippen molar-refractivity contribution in [1.29, 1.82) is 0 Å². The summed E-state index contributed by atoms with van der Waals surface area (Å²) in [6.07, 6.45) is 6.87. The molecule has 1 saturated heterocycles. The van der Waals surface area contributed by atoms with E-state index in [4.69, 9.17) is 9.47 Å². The van der Waals surface area contributed by atoms with E-state index in [1.54, 1.807) is 0 Å². The monoisotopic (exact) mass is 416 g/mol. The molecule has 30 heavy (non-hydrogen) atoms. The van der Waals surface area contributed by atoms with Crippen LogP contribution in [0.4, 0.5) is 0 Å². The molecule has 0 bridgehead atoms. The molecule has 0 aromatic heterocycles. The molecule has 1 atom stereocenters. The minimum absolute atomic E-state index is 0.0214. The van der Waals surface area contributed by atoms with Crippen LogP contribution in [0.5, 0.6) is 5.75 Å². The molecule has 7 heteroatoms. The highest BCUT2D eigenvalue weighted by Crippen LogP contribution is 2.24. The van der Waals surface area contributed by atoms with Crippen LogP contribution in [-0.2, 0) is 16.1 Å². The van der Waals surface area contributed by atoms with Crippen molar-refractivity contribution in [3.63, 3.8) is 0 Å². The fraction of sp³-hybridized carbons (Fsp3) is 0.652. The largest absolute Gasteiger partial charge is 0.488 e. The number of nitrogens with one attached hydrogen (secondary N) is 3. The maximum atomic E-state index is 12.3. The Morgan fingerprint density at radius 3 is 2.77 bits per heavy atom. The molecule has 1 heterocycles.